The van der Waals surface area contributed by atoms with Gasteiger partial charge < -0.3 is 15.4 Å². The Bertz CT molecular complexity index is 125. The summed E-state index contributed by atoms with van der Waals surface area (Å²) in [4.78, 5) is 20.5. The second kappa shape index (κ2) is 4.93. The number of aldehydes is 1. The van der Waals surface area contributed by atoms with E-state index in [1.54, 1.807) is 7.05 Å². The number of rotatable bonds is 4. The summed E-state index contributed by atoms with van der Waals surface area (Å²) >= 11 is 0. The topological polar surface area (TPSA) is 58.2 Å². The maximum Gasteiger partial charge on any atom is 0.216 e. The van der Waals surface area contributed by atoms with Gasteiger partial charge in [-0.05, 0) is 7.05 Å². The second-order valence-electron chi connectivity index (χ2n) is 1.97. The molecule has 10 heavy (non-hydrogen) atoms. The number of hydrogen-bond donors (Lipinski definition) is 2. The summed E-state index contributed by atoms with van der Waals surface area (Å²) in [6, 6.07) is -0.274. The van der Waals surface area contributed by atoms with Crippen molar-refractivity contribution in [1.82, 2.24) is 10.6 Å². The predicted molar refractivity (Wildman–Crippen MR) is 37.6 cm³/mol. The van der Waals surface area contributed by atoms with E-state index in [-0.39, 0.29) is 11.9 Å². The van der Waals surface area contributed by atoms with E-state index >= 15 is 0 Å². The van der Waals surface area contributed by atoms with Crippen LogP contribution in [0.5, 0.6) is 0 Å². The molecule has 58 valence electrons. The molecule has 0 fully saturated rings. The lowest BCUT2D eigenvalue weighted by Gasteiger charge is -2.07. The Labute approximate surface area is 60.0 Å². The molecule has 0 aromatic carbocycles. The lowest BCUT2D eigenvalue weighted by atomic mass is 10.3. The van der Waals surface area contributed by atoms with Gasteiger partial charge in [-0.3, -0.25) is 4.79 Å². The third-order valence-corrected chi connectivity index (χ3v) is 1.11. The van der Waals surface area contributed by atoms with Crippen molar-refractivity contribution in [1.29, 1.82) is 0 Å². The molecule has 0 spiro atoms. The largest absolute Gasteiger partial charge is 0.354 e. The highest BCUT2D eigenvalue weighted by Crippen LogP contribution is 1.71. The Kier molecular flexibility index (Phi) is 4.49. The fourth-order valence-electron chi connectivity index (χ4n) is 0.472. The zero-order valence-electron chi connectivity index (χ0n) is 6.18. The molecule has 0 aliphatic heterocycles. The molecule has 0 aromatic rings. The first-order valence-electron chi connectivity index (χ1n) is 3.07. The zero-order valence-corrected chi connectivity index (χ0v) is 6.18. The third-order valence-electron chi connectivity index (χ3n) is 1.11. The van der Waals surface area contributed by atoms with Gasteiger partial charge in [-0.2, -0.15) is 0 Å². The van der Waals surface area contributed by atoms with Crippen molar-refractivity contribution in [3.63, 3.8) is 0 Å². The van der Waals surface area contributed by atoms with Gasteiger partial charge in [0.1, 0.15) is 6.29 Å². The molecule has 1 unspecified atom stereocenters. The Balaban J connectivity index is 3.44. The van der Waals surface area contributed by atoms with Crippen LogP contribution in [0, 0.1) is 0 Å². The molecule has 2 N–H and O–H groups in total. The fraction of sp³-hybridized carbons (Fsp3) is 0.667. The number of carbonyl (C=O) groups is 2. The lowest BCUT2D eigenvalue weighted by Crippen LogP contribution is -2.39. The molecule has 0 radical (unpaired) electrons. The Morgan fingerprint density at radius 3 is 2.60 bits per heavy atom. The van der Waals surface area contributed by atoms with Crippen molar-refractivity contribution in [3.05, 3.63) is 0 Å². The molecule has 0 bridgehead atoms. The van der Waals surface area contributed by atoms with Crippen LogP contribution in [-0.4, -0.2) is 31.8 Å². The summed E-state index contributed by atoms with van der Waals surface area (Å²) in [5.41, 5.74) is 0. The molecule has 0 rings (SSSR count). The van der Waals surface area contributed by atoms with Gasteiger partial charge in [0.25, 0.3) is 0 Å². The van der Waals surface area contributed by atoms with Gasteiger partial charge in [-0.25, -0.2) is 0 Å². The number of likely N-dealkylation sites (N-methyl/N-ethyl adjacent to an activating group) is 1. The van der Waals surface area contributed by atoms with Gasteiger partial charge in [-0.15, -0.1) is 0 Å². The van der Waals surface area contributed by atoms with Crippen LogP contribution in [0.2, 0.25) is 0 Å². The van der Waals surface area contributed by atoms with E-state index in [0.717, 1.165) is 6.29 Å². The lowest BCUT2D eigenvalue weighted by molar-refractivity contribution is -0.119. The van der Waals surface area contributed by atoms with Crippen LogP contribution in [0.4, 0.5) is 0 Å². The van der Waals surface area contributed by atoms with Crippen LogP contribution in [0.25, 0.3) is 0 Å². The summed E-state index contributed by atoms with van der Waals surface area (Å²) in [6.45, 7) is 1.77. The minimum atomic E-state index is -0.274. The molecule has 0 aliphatic rings. The van der Waals surface area contributed by atoms with Gasteiger partial charge in [0.05, 0.1) is 6.04 Å². The highest BCUT2D eigenvalue weighted by atomic mass is 16.1. The average Bonchev–Trinajstić information content (AvgIpc) is 1.90. The molecule has 0 saturated heterocycles. The Hall–Kier alpha value is -0.900. The van der Waals surface area contributed by atoms with E-state index in [9.17, 15) is 9.59 Å². The van der Waals surface area contributed by atoms with Crippen LogP contribution in [0.3, 0.4) is 0 Å². The van der Waals surface area contributed by atoms with E-state index in [4.69, 9.17) is 0 Å². The van der Waals surface area contributed by atoms with E-state index in [1.165, 1.54) is 6.92 Å². The molecule has 0 heterocycles. The molecular weight excluding hydrogens is 132 g/mol. The first kappa shape index (κ1) is 9.10. The van der Waals surface area contributed by atoms with Gasteiger partial charge in [-0.1, -0.05) is 0 Å². The monoisotopic (exact) mass is 144 g/mol. The highest BCUT2D eigenvalue weighted by molar-refractivity contribution is 5.73. The standard InChI is InChI=1S/C6H12N2O2/c1-5(10)8-3-6(4-9)7-2/h4,6-7H,3H2,1-2H3,(H,8,10). The smallest absolute Gasteiger partial charge is 0.216 e. The van der Waals surface area contributed by atoms with Crippen molar-refractivity contribution in [3.8, 4) is 0 Å². The first-order chi connectivity index (χ1) is 4.70. The van der Waals surface area contributed by atoms with Crippen molar-refractivity contribution in [2.24, 2.45) is 0 Å². The number of hydrogen-bond acceptors (Lipinski definition) is 3. The average molecular weight is 144 g/mol. The van der Waals surface area contributed by atoms with E-state index in [1.807, 2.05) is 0 Å². The maximum atomic E-state index is 10.3. The zero-order chi connectivity index (χ0) is 7.98. The highest BCUT2D eigenvalue weighted by Gasteiger charge is 2.02. The molecular formula is C6H12N2O2. The molecule has 0 aromatic heterocycles. The molecule has 4 heteroatoms. The SMILES string of the molecule is CNC(C=O)CNC(C)=O. The molecule has 1 amide bonds. The van der Waals surface area contributed by atoms with Crippen molar-refractivity contribution < 1.29 is 9.59 Å². The molecule has 0 aliphatic carbocycles. The molecule has 0 saturated carbocycles. The van der Waals surface area contributed by atoms with Crippen LogP contribution in [0.15, 0.2) is 0 Å². The summed E-state index contributed by atoms with van der Waals surface area (Å²) in [7, 11) is 1.67. The van der Waals surface area contributed by atoms with Crippen LogP contribution in [-0.2, 0) is 9.59 Å². The minimum Gasteiger partial charge on any atom is -0.354 e. The van der Waals surface area contributed by atoms with Crippen LogP contribution in [0.1, 0.15) is 6.92 Å². The number of nitrogens with one attached hydrogen (secondary N) is 2. The second-order valence-corrected chi connectivity index (χ2v) is 1.97. The molecule has 1 atom stereocenters. The number of amides is 1. The normalized spacial score (nSPS) is 12.2. The van der Waals surface area contributed by atoms with Crippen LogP contribution < -0.4 is 10.6 Å². The minimum absolute atomic E-state index is 0.123. The Morgan fingerprint density at radius 2 is 2.30 bits per heavy atom. The molecule has 4 nitrogen and oxygen atoms in total. The van der Waals surface area contributed by atoms with E-state index in [2.05, 4.69) is 10.6 Å². The summed E-state index contributed by atoms with van der Waals surface area (Å²) < 4.78 is 0. The van der Waals surface area contributed by atoms with Crippen molar-refractivity contribution in [2.75, 3.05) is 13.6 Å². The first-order valence-corrected chi connectivity index (χ1v) is 3.07. The van der Waals surface area contributed by atoms with Gasteiger partial charge >= 0.3 is 0 Å². The van der Waals surface area contributed by atoms with Crippen molar-refractivity contribution >= 4 is 12.2 Å². The van der Waals surface area contributed by atoms with Gasteiger partial charge in [0.15, 0.2) is 0 Å². The predicted octanol–water partition coefficient (Wildman–Crippen LogP) is -1.09. The fourth-order valence-corrected chi connectivity index (χ4v) is 0.472. The summed E-state index contributed by atoms with van der Waals surface area (Å²) in [5.74, 6) is -0.123. The number of carbonyl (C=O) groups excluding carboxylic acids is 2. The van der Waals surface area contributed by atoms with Crippen molar-refractivity contribution in [2.45, 2.75) is 13.0 Å². The quantitative estimate of drug-likeness (QED) is 0.493. The third kappa shape index (κ3) is 4.03. The van der Waals surface area contributed by atoms with Crippen LogP contribution >= 0.6 is 0 Å². The Morgan fingerprint density at radius 1 is 1.70 bits per heavy atom. The van der Waals surface area contributed by atoms with E-state index in [0.29, 0.717) is 6.54 Å². The van der Waals surface area contributed by atoms with E-state index < -0.39 is 0 Å². The van der Waals surface area contributed by atoms with Gasteiger partial charge in [0, 0.05) is 13.5 Å². The summed E-state index contributed by atoms with van der Waals surface area (Å²) in [5, 5.41) is 5.24. The van der Waals surface area contributed by atoms with Gasteiger partial charge in [0.2, 0.25) is 5.91 Å². The maximum absolute atomic E-state index is 10.3. The summed E-state index contributed by atoms with van der Waals surface area (Å²) in [6.07, 6.45) is 0.760.